The zero-order valence-corrected chi connectivity index (χ0v) is 16.7. The van der Waals surface area contributed by atoms with Gasteiger partial charge in [0.25, 0.3) is 0 Å². The molecule has 0 aliphatic rings. The second-order valence-electron chi connectivity index (χ2n) is 6.19. The molecule has 3 heterocycles. The van der Waals surface area contributed by atoms with E-state index in [1.807, 2.05) is 17.5 Å². The molecule has 1 N–H and O–H groups in total. The highest BCUT2D eigenvalue weighted by Gasteiger charge is 2.19. The molecule has 0 saturated carbocycles. The third-order valence-electron chi connectivity index (χ3n) is 4.27. The normalized spacial score (nSPS) is 10.7. The molecule has 0 fully saturated rings. The van der Waals surface area contributed by atoms with E-state index in [9.17, 15) is 14.4 Å². The number of benzene rings is 1. The number of carbonyl (C=O) groups excluding carboxylic acids is 3. The average molecular weight is 420 g/mol. The molecule has 9 heteroatoms. The minimum Gasteiger partial charge on any atom is -0.459 e. The molecule has 3 aromatic heterocycles. The minimum absolute atomic E-state index is 0.118. The number of ketones is 1. The van der Waals surface area contributed by atoms with E-state index in [0.29, 0.717) is 27.5 Å². The Balaban J connectivity index is 1.68. The standard InChI is InChI=1S/C21H16N4O4S/c1-2-29-21(28)20(27)24-14-6-3-5-13(11-14)16-8-9-22-19-15(12-23-25(16)19)18(26)17-7-4-10-30-17/h3-12H,2H2,1H3,(H,24,27). The third-order valence-corrected chi connectivity index (χ3v) is 5.14. The average Bonchev–Trinajstić information content (AvgIpc) is 3.43. The van der Waals surface area contributed by atoms with Crippen molar-refractivity contribution in [3.8, 4) is 11.3 Å². The van der Waals surface area contributed by atoms with Crippen molar-refractivity contribution in [2.45, 2.75) is 6.92 Å². The highest BCUT2D eigenvalue weighted by molar-refractivity contribution is 7.12. The van der Waals surface area contributed by atoms with E-state index < -0.39 is 11.9 Å². The number of carbonyl (C=O) groups is 3. The van der Waals surface area contributed by atoms with Crippen LogP contribution in [0.5, 0.6) is 0 Å². The van der Waals surface area contributed by atoms with Crippen LogP contribution in [0.4, 0.5) is 5.69 Å². The van der Waals surface area contributed by atoms with Crippen LogP contribution in [0.2, 0.25) is 0 Å². The lowest BCUT2D eigenvalue weighted by Crippen LogP contribution is -2.24. The van der Waals surface area contributed by atoms with Gasteiger partial charge in [-0.15, -0.1) is 11.3 Å². The van der Waals surface area contributed by atoms with Gasteiger partial charge in [0.2, 0.25) is 5.78 Å². The van der Waals surface area contributed by atoms with Gasteiger partial charge in [-0.3, -0.25) is 9.59 Å². The second-order valence-corrected chi connectivity index (χ2v) is 7.13. The van der Waals surface area contributed by atoms with Crippen LogP contribution in [0.15, 0.2) is 60.2 Å². The lowest BCUT2D eigenvalue weighted by Gasteiger charge is -2.08. The van der Waals surface area contributed by atoms with Gasteiger partial charge >= 0.3 is 11.9 Å². The fourth-order valence-corrected chi connectivity index (χ4v) is 3.62. The molecule has 0 saturated heterocycles. The Hall–Kier alpha value is -3.85. The van der Waals surface area contributed by atoms with Gasteiger partial charge in [-0.2, -0.15) is 5.10 Å². The number of fused-ring (bicyclic) bond motifs is 1. The van der Waals surface area contributed by atoms with E-state index in [1.54, 1.807) is 48.0 Å². The first-order valence-corrected chi connectivity index (χ1v) is 9.96. The number of anilines is 1. The van der Waals surface area contributed by atoms with Crippen molar-refractivity contribution in [3.63, 3.8) is 0 Å². The van der Waals surface area contributed by atoms with Crippen LogP contribution in [-0.2, 0) is 14.3 Å². The number of hydrogen-bond acceptors (Lipinski definition) is 7. The quantitative estimate of drug-likeness (QED) is 0.302. The maximum Gasteiger partial charge on any atom is 0.397 e. The Morgan fingerprint density at radius 2 is 2.03 bits per heavy atom. The summed E-state index contributed by atoms with van der Waals surface area (Å²) in [4.78, 5) is 41.1. The number of nitrogens with zero attached hydrogens (tertiary/aromatic N) is 3. The van der Waals surface area contributed by atoms with Crippen molar-refractivity contribution in [1.82, 2.24) is 14.6 Å². The predicted molar refractivity (Wildman–Crippen MR) is 111 cm³/mol. The first-order chi connectivity index (χ1) is 14.6. The van der Waals surface area contributed by atoms with Crippen molar-refractivity contribution in [2.24, 2.45) is 0 Å². The van der Waals surface area contributed by atoms with E-state index in [1.165, 1.54) is 17.5 Å². The number of ether oxygens (including phenoxy) is 1. The summed E-state index contributed by atoms with van der Waals surface area (Å²) in [5.41, 5.74) is 2.68. The highest BCUT2D eigenvalue weighted by Crippen LogP contribution is 2.25. The number of thiophene rings is 1. The Kier molecular flexibility index (Phi) is 5.36. The van der Waals surface area contributed by atoms with E-state index >= 15 is 0 Å². The van der Waals surface area contributed by atoms with Crippen LogP contribution in [0.25, 0.3) is 16.9 Å². The fraction of sp³-hybridized carbons (Fsp3) is 0.0952. The number of aromatic nitrogens is 3. The molecule has 4 rings (SSSR count). The molecule has 1 aromatic carbocycles. The van der Waals surface area contributed by atoms with Gasteiger partial charge in [0.1, 0.15) is 0 Å². The number of amides is 1. The summed E-state index contributed by atoms with van der Waals surface area (Å²) < 4.78 is 6.28. The summed E-state index contributed by atoms with van der Waals surface area (Å²) in [6.07, 6.45) is 3.10. The third kappa shape index (κ3) is 3.70. The Labute approximate surface area is 175 Å². The first kappa shape index (κ1) is 19.5. The maximum absolute atomic E-state index is 12.7. The van der Waals surface area contributed by atoms with Gasteiger partial charge < -0.3 is 10.1 Å². The fourth-order valence-electron chi connectivity index (χ4n) is 2.95. The molecule has 0 aliphatic heterocycles. The first-order valence-electron chi connectivity index (χ1n) is 9.08. The van der Waals surface area contributed by atoms with Gasteiger partial charge in [-0.05, 0) is 36.6 Å². The van der Waals surface area contributed by atoms with Crippen LogP contribution in [0.3, 0.4) is 0 Å². The lowest BCUT2D eigenvalue weighted by atomic mass is 10.1. The summed E-state index contributed by atoms with van der Waals surface area (Å²) in [5, 5.41) is 8.70. The monoisotopic (exact) mass is 420 g/mol. The molecule has 0 unspecified atom stereocenters. The van der Waals surface area contributed by atoms with Gasteiger partial charge in [-0.1, -0.05) is 18.2 Å². The summed E-state index contributed by atoms with van der Waals surface area (Å²) in [5.74, 6) is -1.94. The zero-order chi connectivity index (χ0) is 21.1. The maximum atomic E-state index is 12.7. The number of esters is 1. The van der Waals surface area contributed by atoms with Gasteiger partial charge in [0.15, 0.2) is 5.65 Å². The SMILES string of the molecule is CCOC(=O)C(=O)Nc1cccc(-c2ccnc3c(C(=O)c4cccs4)cnn23)c1. The molecule has 1 amide bonds. The molecule has 150 valence electrons. The van der Waals surface area contributed by atoms with Crippen molar-refractivity contribution in [1.29, 1.82) is 0 Å². The van der Waals surface area contributed by atoms with Crippen molar-refractivity contribution >= 4 is 40.3 Å². The largest absolute Gasteiger partial charge is 0.459 e. The summed E-state index contributed by atoms with van der Waals surface area (Å²) in [7, 11) is 0. The number of nitrogens with one attached hydrogen (secondary N) is 1. The van der Waals surface area contributed by atoms with Crippen molar-refractivity contribution in [3.05, 3.63) is 70.7 Å². The molecule has 0 atom stereocenters. The topological polar surface area (TPSA) is 103 Å². The number of rotatable bonds is 5. The molecular weight excluding hydrogens is 404 g/mol. The molecule has 0 bridgehead atoms. The lowest BCUT2D eigenvalue weighted by molar-refractivity contribution is -0.152. The van der Waals surface area contributed by atoms with Gasteiger partial charge in [-0.25, -0.2) is 14.3 Å². The summed E-state index contributed by atoms with van der Waals surface area (Å²) in [6.45, 7) is 1.75. The molecule has 0 aliphatic carbocycles. The smallest absolute Gasteiger partial charge is 0.397 e. The van der Waals surface area contributed by atoms with Gasteiger partial charge in [0.05, 0.1) is 28.9 Å². The number of hydrogen-bond donors (Lipinski definition) is 1. The predicted octanol–water partition coefficient (Wildman–Crippen LogP) is 3.19. The van der Waals surface area contributed by atoms with Gasteiger partial charge in [0, 0.05) is 17.4 Å². The summed E-state index contributed by atoms with van der Waals surface area (Å²) >= 11 is 1.36. The summed E-state index contributed by atoms with van der Waals surface area (Å²) in [6, 6.07) is 12.3. The van der Waals surface area contributed by atoms with Crippen LogP contribution in [0.1, 0.15) is 22.2 Å². The highest BCUT2D eigenvalue weighted by atomic mass is 32.1. The molecule has 0 radical (unpaired) electrons. The van der Waals surface area contributed by atoms with E-state index in [2.05, 4.69) is 15.4 Å². The Bertz CT molecular complexity index is 1250. The Morgan fingerprint density at radius 3 is 2.80 bits per heavy atom. The van der Waals surface area contributed by atoms with Crippen LogP contribution >= 0.6 is 11.3 Å². The molecule has 0 spiro atoms. The second kappa shape index (κ2) is 8.26. The van der Waals surface area contributed by atoms with Crippen LogP contribution in [-0.4, -0.2) is 38.9 Å². The van der Waals surface area contributed by atoms with E-state index in [0.717, 1.165) is 5.56 Å². The minimum atomic E-state index is -0.946. The molecular formula is C21H16N4O4S. The zero-order valence-electron chi connectivity index (χ0n) is 15.9. The molecule has 4 aromatic rings. The molecule has 30 heavy (non-hydrogen) atoms. The van der Waals surface area contributed by atoms with E-state index in [-0.39, 0.29) is 12.4 Å². The van der Waals surface area contributed by atoms with Crippen LogP contribution < -0.4 is 5.32 Å². The van der Waals surface area contributed by atoms with Crippen LogP contribution in [0, 0.1) is 0 Å². The molecule has 8 nitrogen and oxygen atoms in total. The van der Waals surface area contributed by atoms with Crippen molar-refractivity contribution in [2.75, 3.05) is 11.9 Å². The Morgan fingerprint density at radius 1 is 1.17 bits per heavy atom. The van der Waals surface area contributed by atoms with Crippen molar-refractivity contribution < 1.29 is 19.1 Å². The van der Waals surface area contributed by atoms with E-state index in [4.69, 9.17) is 4.74 Å².